The van der Waals surface area contributed by atoms with Crippen LogP contribution >= 0.6 is 0 Å². The minimum atomic E-state index is -1.39. The quantitative estimate of drug-likeness (QED) is 0.116. The van der Waals surface area contributed by atoms with Crippen LogP contribution in [0.2, 0.25) is 0 Å². The monoisotopic (exact) mass is 571 g/mol. The van der Waals surface area contributed by atoms with Gasteiger partial charge < -0.3 is 33.7 Å². The van der Waals surface area contributed by atoms with Crippen molar-refractivity contribution < 1.29 is 57.4 Å². The number of anilines is 1. The molecule has 1 fully saturated rings. The lowest BCUT2D eigenvalue weighted by Crippen LogP contribution is -2.63. The maximum Gasteiger partial charge on any atom is 0.303 e. The van der Waals surface area contributed by atoms with E-state index in [0.717, 1.165) is 39.8 Å². The summed E-state index contributed by atoms with van der Waals surface area (Å²) < 4.78 is 32.4. The highest BCUT2D eigenvalue weighted by atomic mass is 16.7. The molecule has 0 aliphatic carbocycles. The van der Waals surface area contributed by atoms with E-state index in [9.17, 15) is 39.4 Å². The number of nitrogens with zero attached hydrogens (tertiary/aromatic N) is 2. The van der Waals surface area contributed by atoms with Gasteiger partial charge in [-0.05, 0) is 12.5 Å². The van der Waals surface area contributed by atoms with Gasteiger partial charge in [0.2, 0.25) is 0 Å². The van der Waals surface area contributed by atoms with Crippen LogP contribution in [0.5, 0.6) is 0 Å². The molecular weight excluding hydrogens is 542 g/mol. The number of nitro benzene ring substituents is 2. The van der Waals surface area contributed by atoms with E-state index < -0.39 is 82.4 Å². The molecule has 17 heteroatoms. The molecule has 17 nitrogen and oxygen atoms in total. The second-order valence-electron chi connectivity index (χ2n) is 8.43. The molecule has 1 N–H and O–H groups in total. The Bertz CT molecular complexity index is 1130. The zero-order valence-corrected chi connectivity index (χ0v) is 22.1. The topological polar surface area (TPSA) is 222 Å². The van der Waals surface area contributed by atoms with Gasteiger partial charge in [0.1, 0.15) is 18.4 Å². The minimum absolute atomic E-state index is 0.0443. The predicted molar refractivity (Wildman–Crippen MR) is 131 cm³/mol. The fourth-order valence-electron chi connectivity index (χ4n) is 3.75. The van der Waals surface area contributed by atoms with Gasteiger partial charge in [-0.1, -0.05) is 0 Å². The maximum absolute atomic E-state index is 11.9. The highest BCUT2D eigenvalue weighted by Gasteiger charge is 2.52. The Morgan fingerprint density at radius 3 is 2.02 bits per heavy atom. The molecule has 0 spiro atoms. The fraction of sp³-hybridized carbons (Fsp3) is 0.565. The Kier molecular flexibility index (Phi) is 11.7. The van der Waals surface area contributed by atoms with Crippen molar-refractivity contribution in [3.8, 4) is 0 Å². The molecular formula is C23H29N3O14. The van der Waals surface area contributed by atoms with Gasteiger partial charge in [0.25, 0.3) is 11.4 Å². The van der Waals surface area contributed by atoms with Crippen molar-refractivity contribution in [2.24, 2.45) is 0 Å². The van der Waals surface area contributed by atoms with E-state index in [2.05, 4.69) is 5.32 Å². The van der Waals surface area contributed by atoms with Crippen LogP contribution in [0.25, 0.3) is 0 Å². The molecule has 2 rings (SSSR count). The lowest BCUT2D eigenvalue weighted by molar-refractivity contribution is -0.393. The van der Waals surface area contributed by atoms with E-state index >= 15 is 0 Å². The maximum atomic E-state index is 11.9. The van der Waals surface area contributed by atoms with E-state index in [1.54, 1.807) is 0 Å². The summed E-state index contributed by atoms with van der Waals surface area (Å²) in [4.78, 5) is 67.6. The van der Waals surface area contributed by atoms with Crippen molar-refractivity contribution in [3.05, 3.63) is 38.4 Å². The zero-order chi connectivity index (χ0) is 30.0. The van der Waals surface area contributed by atoms with Gasteiger partial charge in [-0.3, -0.25) is 39.4 Å². The van der Waals surface area contributed by atoms with Gasteiger partial charge in [0, 0.05) is 40.3 Å². The van der Waals surface area contributed by atoms with Gasteiger partial charge in [-0.2, -0.15) is 0 Å². The smallest absolute Gasteiger partial charge is 0.303 e. The fourth-order valence-corrected chi connectivity index (χ4v) is 3.75. The number of benzene rings is 1. The summed E-state index contributed by atoms with van der Waals surface area (Å²) in [5.41, 5.74) is -0.887. The summed E-state index contributed by atoms with van der Waals surface area (Å²) in [6.45, 7) is 4.04. The van der Waals surface area contributed by atoms with E-state index in [1.165, 1.54) is 6.07 Å². The van der Waals surface area contributed by atoms with E-state index in [1.807, 2.05) is 0 Å². The number of nitro groups is 2. The van der Waals surface area contributed by atoms with Crippen LogP contribution < -0.4 is 5.32 Å². The number of esters is 4. The van der Waals surface area contributed by atoms with Gasteiger partial charge in [-0.25, -0.2) is 0 Å². The van der Waals surface area contributed by atoms with Crippen molar-refractivity contribution in [1.82, 2.24) is 0 Å². The van der Waals surface area contributed by atoms with Crippen LogP contribution in [0.1, 0.15) is 34.1 Å². The van der Waals surface area contributed by atoms with Crippen molar-refractivity contribution in [1.29, 1.82) is 0 Å². The molecule has 1 aromatic rings. The Hall–Kier alpha value is -4.38. The molecule has 1 saturated heterocycles. The molecule has 1 aliphatic rings. The number of non-ortho nitro benzene ring substituents is 1. The summed E-state index contributed by atoms with van der Waals surface area (Å²) in [5, 5.41) is 25.0. The van der Waals surface area contributed by atoms with Crippen LogP contribution in [0.15, 0.2) is 18.2 Å². The third-order valence-electron chi connectivity index (χ3n) is 5.26. The van der Waals surface area contributed by atoms with Gasteiger partial charge in [0.15, 0.2) is 24.6 Å². The van der Waals surface area contributed by atoms with Gasteiger partial charge >= 0.3 is 23.9 Å². The molecule has 0 radical (unpaired) electrons. The molecule has 1 aromatic carbocycles. The first-order valence-electron chi connectivity index (χ1n) is 11.9. The lowest BCUT2D eigenvalue weighted by atomic mass is 9.98. The molecule has 1 heterocycles. The number of ether oxygens (including phenoxy) is 6. The lowest BCUT2D eigenvalue weighted by Gasteiger charge is -2.44. The Morgan fingerprint density at radius 2 is 1.48 bits per heavy atom. The minimum Gasteiger partial charge on any atom is -0.463 e. The van der Waals surface area contributed by atoms with Crippen LogP contribution in [0.3, 0.4) is 0 Å². The first kappa shape index (κ1) is 31.8. The summed E-state index contributed by atoms with van der Waals surface area (Å²) in [5.74, 6) is -3.02. The largest absolute Gasteiger partial charge is 0.463 e. The summed E-state index contributed by atoms with van der Waals surface area (Å²) in [7, 11) is 0. The molecule has 0 aromatic heterocycles. The number of hydrogen-bond acceptors (Lipinski definition) is 15. The molecule has 0 unspecified atom stereocenters. The average Bonchev–Trinajstić information content (AvgIpc) is 2.84. The van der Waals surface area contributed by atoms with Crippen LogP contribution in [-0.4, -0.2) is 84.2 Å². The molecule has 0 bridgehead atoms. The zero-order valence-electron chi connectivity index (χ0n) is 22.1. The Balaban J connectivity index is 2.17. The van der Waals surface area contributed by atoms with Gasteiger partial charge in [-0.15, -0.1) is 0 Å². The number of rotatable bonds is 13. The second-order valence-corrected chi connectivity index (χ2v) is 8.43. The Morgan fingerprint density at radius 1 is 0.875 bits per heavy atom. The molecule has 0 saturated carbocycles. The van der Waals surface area contributed by atoms with E-state index in [-0.39, 0.29) is 25.3 Å². The van der Waals surface area contributed by atoms with Crippen molar-refractivity contribution in [2.45, 2.75) is 64.8 Å². The van der Waals surface area contributed by atoms with E-state index in [4.69, 9.17) is 28.4 Å². The van der Waals surface area contributed by atoms with E-state index in [0.29, 0.717) is 0 Å². The van der Waals surface area contributed by atoms with Crippen molar-refractivity contribution in [2.75, 3.05) is 25.1 Å². The van der Waals surface area contributed by atoms with Crippen molar-refractivity contribution in [3.63, 3.8) is 0 Å². The molecule has 40 heavy (non-hydrogen) atoms. The summed E-state index contributed by atoms with van der Waals surface area (Å²) >= 11 is 0. The molecule has 0 amide bonds. The first-order valence-corrected chi connectivity index (χ1v) is 11.9. The number of carbonyl (C=O) groups excluding carboxylic acids is 4. The normalized spacial score (nSPS) is 21.9. The number of hydrogen-bond donors (Lipinski definition) is 1. The SMILES string of the molecule is CC(=O)OC[C@H]1O[C@H](OCCCNc2ccc([N+](=O)[O-])cc2[N+](=O)[O-])[C@H](OC(C)=O)[C@@H](OC(C)=O)[C@@H]1OC(C)=O. The average molecular weight is 571 g/mol. The summed E-state index contributed by atoms with van der Waals surface area (Å²) in [6.07, 6.45) is -6.42. The van der Waals surface area contributed by atoms with Crippen LogP contribution in [-0.2, 0) is 47.6 Å². The van der Waals surface area contributed by atoms with Crippen LogP contribution in [0.4, 0.5) is 17.1 Å². The highest BCUT2D eigenvalue weighted by molar-refractivity contribution is 5.69. The third-order valence-corrected chi connectivity index (χ3v) is 5.26. The Labute approximate surface area is 227 Å². The first-order chi connectivity index (χ1) is 18.8. The summed E-state index contributed by atoms with van der Waals surface area (Å²) in [6, 6.07) is 3.15. The highest BCUT2D eigenvalue weighted by Crippen LogP contribution is 2.31. The van der Waals surface area contributed by atoms with Gasteiger partial charge in [0.05, 0.1) is 22.5 Å². The van der Waals surface area contributed by atoms with Crippen molar-refractivity contribution >= 4 is 40.9 Å². The third kappa shape index (κ3) is 9.42. The molecule has 5 atom stereocenters. The standard InChI is InChI=1S/C23H29N3O14/c1-12(27)36-11-19-20(37-13(2)28)21(38-14(3)29)22(39-15(4)30)23(40-19)35-9-5-8-24-17-7-6-16(25(31)32)10-18(17)26(33)34/h6-7,10,19-24H,5,8-9,11H2,1-4H3/t19-,20-,21+,22-,23+/m1/s1. The predicted octanol–water partition coefficient (Wildman–Crippen LogP) is 1.40. The number of carbonyl (C=O) groups is 4. The van der Waals surface area contributed by atoms with Crippen LogP contribution in [0, 0.1) is 20.2 Å². The second kappa shape index (κ2) is 14.7. The molecule has 1 aliphatic heterocycles. The number of nitrogens with one attached hydrogen (secondary N) is 1. The molecule has 220 valence electrons.